The zero-order valence-corrected chi connectivity index (χ0v) is 9.38. The molecule has 3 nitrogen and oxygen atoms in total. The van der Waals surface area contributed by atoms with Crippen LogP contribution in [-0.4, -0.2) is 49.8 Å². The number of nitrogens with zero attached hydrogens (tertiary/aromatic N) is 1. The van der Waals surface area contributed by atoms with Crippen LogP contribution in [-0.2, 0) is 4.74 Å². The van der Waals surface area contributed by atoms with Crippen LogP contribution in [0.5, 0.6) is 0 Å². The summed E-state index contributed by atoms with van der Waals surface area (Å²) in [6.45, 7) is 6.63. The van der Waals surface area contributed by atoms with Crippen molar-refractivity contribution < 1.29 is 4.74 Å². The molecule has 0 radical (unpaired) electrons. The summed E-state index contributed by atoms with van der Waals surface area (Å²) in [6.07, 6.45) is 3.62. The maximum atomic E-state index is 5.40. The number of hydrogen-bond donors (Lipinski definition) is 1. The number of hydrogen-bond acceptors (Lipinski definition) is 3. The number of likely N-dealkylation sites (tertiary alicyclic amines) is 1. The SMILES string of the molecule is CN1CC[C@H](NC2(C)CCOCC2)C1. The minimum atomic E-state index is 0.327. The van der Waals surface area contributed by atoms with Crippen LogP contribution < -0.4 is 5.32 Å². The van der Waals surface area contributed by atoms with E-state index in [9.17, 15) is 0 Å². The van der Waals surface area contributed by atoms with Crippen molar-refractivity contribution in [1.29, 1.82) is 0 Å². The van der Waals surface area contributed by atoms with Crippen LogP contribution in [0.4, 0.5) is 0 Å². The molecule has 0 aromatic carbocycles. The molecule has 0 amide bonds. The molecule has 82 valence electrons. The van der Waals surface area contributed by atoms with Gasteiger partial charge in [0.1, 0.15) is 0 Å². The van der Waals surface area contributed by atoms with Crippen LogP contribution in [0.25, 0.3) is 0 Å². The fourth-order valence-corrected chi connectivity index (χ4v) is 2.51. The molecule has 2 heterocycles. The zero-order chi connectivity index (χ0) is 10.0. The first-order valence-electron chi connectivity index (χ1n) is 5.72. The van der Waals surface area contributed by atoms with E-state index in [2.05, 4.69) is 24.2 Å². The summed E-state index contributed by atoms with van der Waals surface area (Å²) >= 11 is 0. The molecular weight excluding hydrogens is 176 g/mol. The molecule has 3 heteroatoms. The third kappa shape index (κ3) is 2.47. The molecule has 0 aromatic heterocycles. The number of nitrogens with one attached hydrogen (secondary N) is 1. The van der Waals surface area contributed by atoms with Crippen LogP contribution in [0.3, 0.4) is 0 Å². The quantitative estimate of drug-likeness (QED) is 0.712. The highest BCUT2D eigenvalue weighted by atomic mass is 16.5. The lowest BCUT2D eigenvalue weighted by molar-refractivity contribution is 0.0410. The highest BCUT2D eigenvalue weighted by Gasteiger charge is 2.31. The van der Waals surface area contributed by atoms with Gasteiger partial charge in [-0.1, -0.05) is 0 Å². The Morgan fingerprint density at radius 2 is 2.07 bits per heavy atom. The van der Waals surface area contributed by atoms with E-state index >= 15 is 0 Å². The zero-order valence-electron chi connectivity index (χ0n) is 9.38. The van der Waals surface area contributed by atoms with Crippen LogP contribution in [0.15, 0.2) is 0 Å². The molecule has 0 spiro atoms. The molecule has 0 saturated carbocycles. The summed E-state index contributed by atoms with van der Waals surface area (Å²) in [6, 6.07) is 0.697. The van der Waals surface area contributed by atoms with Gasteiger partial charge in [-0.05, 0) is 39.8 Å². The van der Waals surface area contributed by atoms with Gasteiger partial charge in [0.15, 0.2) is 0 Å². The Kier molecular flexibility index (Phi) is 3.10. The van der Waals surface area contributed by atoms with E-state index in [1.807, 2.05) is 0 Å². The summed E-state index contributed by atoms with van der Waals surface area (Å²) in [4.78, 5) is 2.40. The Morgan fingerprint density at radius 3 is 2.64 bits per heavy atom. The average molecular weight is 198 g/mol. The lowest BCUT2D eigenvalue weighted by atomic mass is 9.91. The molecular formula is C11H22N2O. The molecule has 2 aliphatic heterocycles. The Morgan fingerprint density at radius 1 is 1.36 bits per heavy atom. The minimum absolute atomic E-state index is 0.327. The fraction of sp³-hybridized carbons (Fsp3) is 1.00. The molecule has 0 aromatic rings. The molecule has 2 aliphatic rings. The van der Waals surface area contributed by atoms with Crippen molar-refractivity contribution in [2.45, 2.75) is 37.8 Å². The first-order valence-corrected chi connectivity index (χ1v) is 5.72. The summed E-state index contributed by atoms with van der Waals surface area (Å²) in [7, 11) is 2.20. The normalized spacial score (nSPS) is 33.4. The number of likely N-dealkylation sites (N-methyl/N-ethyl adjacent to an activating group) is 1. The summed E-state index contributed by atoms with van der Waals surface area (Å²) in [5, 5.41) is 3.80. The monoisotopic (exact) mass is 198 g/mol. The highest BCUT2D eigenvalue weighted by molar-refractivity contribution is 4.91. The number of rotatable bonds is 2. The predicted octanol–water partition coefficient (Wildman–Crippen LogP) is 0.849. The van der Waals surface area contributed by atoms with Crippen LogP contribution in [0.1, 0.15) is 26.2 Å². The molecule has 0 aliphatic carbocycles. The Hall–Kier alpha value is -0.120. The van der Waals surface area contributed by atoms with Crippen molar-refractivity contribution >= 4 is 0 Å². The van der Waals surface area contributed by atoms with Crippen LogP contribution >= 0.6 is 0 Å². The van der Waals surface area contributed by atoms with Crippen molar-refractivity contribution in [3.05, 3.63) is 0 Å². The van der Waals surface area contributed by atoms with E-state index < -0.39 is 0 Å². The lowest BCUT2D eigenvalue weighted by Crippen LogP contribution is -2.52. The number of ether oxygens (including phenoxy) is 1. The van der Waals surface area contributed by atoms with Gasteiger partial charge in [-0.2, -0.15) is 0 Å². The largest absolute Gasteiger partial charge is 0.381 e. The molecule has 1 N–H and O–H groups in total. The van der Waals surface area contributed by atoms with Gasteiger partial charge in [-0.25, -0.2) is 0 Å². The van der Waals surface area contributed by atoms with Gasteiger partial charge in [0.05, 0.1) is 0 Å². The van der Waals surface area contributed by atoms with Gasteiger partial charge < -0.3 is 15.0 Å². The topological polar surface area (TPSA) is 24.5 Å². The molecule has 14 heavy (non-hydrogen) atoms. The first-order chi connectivity index (χ1) is 6.68. The van der Waals surface area contributed by atoms with Crippen molar-refractivity contribution in [3.8, 4) is 0 Å². The second-order valence-corrected chi connectivity index (χ2v) is 5.07. The Labute approximate surface area is 86.8 Å². The third-order valence-electron chi connectivity index (χ3n) is 3.54. The maximum Gasteiger partial charge on any atom is 0.0483 e. The summed E-state index contributed by atoms with van der Waals surface area (Å²) < 4.78 is 5.40. The van der Waals surface area contributed by atoms with E-state index in [0.29, 0.717) is 11.6 Å². The Balaban J connectivity index is 1.83. The summed E-state index contributed by atoms with van der Waals surface area (Å²) in [5.74, 6) is 0. The average Bonchev–Trinajstić information content (AvgIpc) is 2.51. The predicted molar refractivity (Wildman–Crippen MR) is 57.5 cm³/mol. The van der Waals surface area contributed by atoms with Crippen LogP contribution in [0, 0.1) is 0 Å². The van der Waals surface area contributed by atoms with Crippen molar-refractivity contribution in [3.63, 3.8) is 0 Å². The fourth-order valence-electron chi connectivity index (χ4n) is 2.51. The van der Waals surface area contributed by atoms with Crippen LogP contribution in [0.2, 0.25) is 0 Å². The molecule has 2 saturated heterocycles. The second-order valence-electron chi connectivity index (χ2n) is 5.07. The molecule has 1 atom stereocenters. The van der Waals surface area contributed by atoms with Gasteiger partial charge >= 0.3 is 0 Å². The van der Waals surface area contributed by atoms with Crippen molar-refractivity contribution in [2.75, 3.05) is 33.4 Å². The van der Waals surface area contributed by atoms with E-state index in [1.165, 1.54) is 19.5 Å². The molecule has 2 fully saturated rings. The standard InChI is InChI=1S/C11H22N2O/c1-11(4-7-14-8-5-11)12-10-3-6-13(2)9-10/h10,12H,3-9H2,1-2H3/t10-/m0/s1. The Bertz CT molecular complexity index is 190. The van der Waals surface area contributed by atoms with E-state index in [-0.39, 0.29) is 0 Å². The van der Waals surface area contributed by atoms with Crippen molar-refractivity contribution in [2.24, 2.45) is 0 Å². The smallest absolute Gasteiger partial charge is 0.0483 e. The van der Waals surface area contributed by atoms with E-state index in [4.69, 9.17) is 4.74 Å². The van der Waals surface area contributed by atoms with Gasteiger partial charge in [0.25, 0.3) is 0 Å². The minimum Gasteiger partial charge on any atom is -0.381 e. The lowest BCUT2D eigenvalue weighted by Gasteiger charge is -2.37. The molecule has 0 unspecified atom stereocenters. The maximum absolute atomic E-state index is 5.40. The van der Waals surface area contributed by atoms with Gasteiger partial charge in [-0.3, -0.25) is 0 Å². The first kappa shape index (κ1) is 10.4. The van der Waals surface area contributed by atoms with E-state index in [1.54, 1.807) is 0 Å². The highest BCUT2D eigenvalue weighted by Crippen LogP contribution is 2.22. The van der Waals surface area contributed by atoms with Crippen molar-refractivity contribution in [1.82, 2.24) is 10.2 Å². The van der Waals surface area contributed by atoms with E-state index in [0.717, 1.165) is 26.1 Å². The van der Waals surface area contributed by atoms with Gasteiger partial charge in [-0.15, -0.1) is 0 Å². The van der Waals surface area contributed by atoms with Gasteiger partial charge in [0.2, 0.25) is 0 Å². The molecule has 0 bridgehead atoms. The molecule has 2 rings (SSSR count). The second kappa shape index (κ2) is 4.17. The van der Waals surface area contributed by atoms with Gasteiger partial charge in [0, 0.05) is 31.3 Å². The third-order valence-corrected chi connectivity index (χ3v) is 3.54. The summed E-state index contributed by atoms with van der Waals surface area (Å²) in [5.41, 5.74) is 0.327.